The lowest BCUT2D eigenvalue weighted by molar-refractivity contribution is -0.120. The predicted molar refractivity (Wildman–Crippen MR) is 117 cm³/mol. The second-order valence-electron chi connectivity index (χ2n) is 6.94. The zero-order valence-electron chi connectivity index (χ0n) is 16.4. The minimum Gasteiger partial charge on any atom is -0.353 e. The summed E-state index contributed by atoms with van der Waals surface area (Å²) in [6.45, 7) is 3.31. The minimum absolute atomic E-state index is 0.0334. The summed E-state index contributed by atoms with van der Waals surface area (Å²) in [5, 5.41) is 6.24. The van der Waals surface area contributed by atoms with Gasteiger partial charge in [-0.2, -0.15) is 0 Å². The van der Waals surface area contributed by atoms with E-state index in [4.69, 9.17) is 11.6 Å². The van der Waals surface area contributed by atoms with E-state index in [1.54, 1.807) is 43.5 Å². The summed E-state index contributed by atoms with van der Waals surface area (Å²) in [5.41, 5.74) is 3.14. The molecule has 0 atom stereocenters. The van der Waals surface area contributed by atoms with Crippen molar-refractivity contribution in [1.82, 2.24) is 15.3 Å². The average Bonchev–Trinajstić information content (AvgIpc) is 2.75. The third kappa shape index (κ3) is 4.26. The molecular formula is C22H20ClN5O2. The first-order valence-electron chi connectivity index (χ1n) is 9.53. The first kappa shape index (κ1) is 19.8. The zero-order valence-corrected chi connectivity index (χ0v) is 17.1. The molecular weight excluding hydrogens is 402 g/mol. The van der Waals surface area contributed by atoms with Crippen LogP contribution in [0, 0.1) is 6.92 Å². The van der Waals surface area contributed by atoms with Crippen molar-refractivity contribution in [3.63, 3.8) is 0 Å². The number of rotatable bonds is 4. The van der Waals surface area contributed by atoms with Crippen LogP contribution in [0.2, 0.25) is 5.02 Å². The minimum atomic E-state index is -0.266. The van der Waals surface area contributed by atoms with E-state index in [1.807, 2.05) is 23.1 Å². The predicted octanol–water partition coefficient (Wildman–Crippen LogP) is 3.29. The van der Waals surface area contributed by atoms with Crippen LogP contribution in [0.5, 0.6) is 0 Å². The maximum atomic E-state index is 12.8. The lowest BCUT2D eigenvalue weighted by atomic mass is 10.1. The Morgan fingerprint density at radius 3 is 2.80 bits per heavy atom. The fourth-order valence-electron chi connectivity index (χ4n) is 3.32. The van der Waals surface area contributed by atoms with Crippen molar-refractivity contribution in [3.8, 4) is 11.3 Å². The summed E-state index contributed by atoms with van der Waals surface area (Å²) in [6, 6.07) is 14.3. The number of carbonyl (C=O) groups is 2. The smallest absolute Gasteiger partial charge is 0.257 e. The third-order valence-electron chi connectivity index (χ3n) is 4.84. The van der Waals surface area contributed by atoms with Gasteiger partial charge in [-0.1, -0.05) is 17.7 Å². The van der Waals surface area contributed by atoms with Gasteiger partial charge < -0.3 is 15.5 Å². The van der Waals surface area contributed by atoms with E-state index in [0.717, 1.165) is 11.3 Å². The molecule has 0 unspecified atom stereocenters. The number of halogens is 1. The largest absolute Gasteiger partial charge is 0.353 e. The van der Waals surface area contributed by atoms with E-state index in [-0.39, 0.29) is 18.4 Å². The van der Waals surface area contributed by atoms with Crippen molar-refractivity contribution >= 4 is 34.9 Å². The molecule has 2 amide bonds. The van der Waals surface area contributed by atoms with Crippen LogP contribution in [0.4, 0.5) is 11.5 Å². The molecule has 1 fully saturated rings. The average molecular weight is 422 g/mol. The summed E-state index contributed by atoms with van der Waals surface area (Å²) in [6.07, 6.45) is 1.69. The first-order chi connectivity index (χ1) is 14.5. The summed E-state index contributed by atoms with van der Waals surface area (Å²) in [7, 11) is 0. The number of nitrogens with one attached hydrogen (secondary N) is 2. The Kier molecular flexibility index (Phi) is 5.63. The normalized spacial score (nSPS) is 13.7. The van der Waals surface area contributed by atoms with Gasteiger partial charge in [-0.3, -0.25) is 14.6 Å². The molecule has 8 heteroatoms. The topological polar surface area (TPSA) is 87.2 Å². The van der Waals surface area contributed by atoms with E-state index in [9.17, 15) is 9.59 Å². The summed E-state index contributed by atoms with van der Waals surface area (Å²) in [4.78, 5) is 35.2. The molecule has 2 N–H and O–H groups in total. The van der Waals surface area contributed by atoms with E-state index in [2.05, 4.69) is 20.6 Å². The van der Waals surface area contributed by atoms with E-state index < -0.39 is 0 Å². The van der Waals surface area contributed by atoms with Crippen LogP contribution in [0.3, 0.4) is 0 Å². The molecule has 3 heterocycles. The molecule has 30 heavy (non-hydrogen) atoms. The molecule has 0 aliphatic carbocycles. The highest BCUT2D eigenvalue weighted by Gasteiger charge is 2.19. The van der Waals surface area contributed by atoms with Gasteiger partial charge in [0.05, 0.1) is 28.5 Å². The molecule has 2 aromatic heterocycles. The summed E-state index contributed by atoms with van der Waals surface area (Å²) in [5.74, 6) is 0.383. The van der Waals surface area contributed by atoms with Crippen molar-refractivity contribution < 1.29 is 9.59 Å². The summed E-state index contributed by atoms with van der Waals surface area (Å²) < 4.78 is 0. The number of benzene rings is 1. The second kappa shape index (κ2) is 8.51. The Morgan fingerprint density at radius 2 is 2.07 bits per heavy atom. The van der Waals surface area contributed by atoms with Crippen LogP contribution in [-0.4, -0.2) is 41.4 Å². The van der Waals surface area contributed by atoms with E-state index in [0.29, 0.717) is 40.9 Å². The highest BCUT2D eigenvalue weighted by molar-refractivity contribution is 6.33. The van der Waals surface area contributed by atoms with Gasteiger partial charge >= 0.3 is 0 Å². The van der Waals surface area contributed by atoms with Crippen LogP contribution in [0.25, 0.3) is 11.3 Å². The van der Waals surface area contributed by atoms with Crippen LogP contribution in [-0.2, 0) is 4.79 Å². The number of amides is 2. The van der Waals surface area contributed by atoms with E-state index >= 15 is 0 Å². The Bertz CT molecular complexity index is 1100. The van der Waals surface area contributed by atoms with Crippen molar-refractivity contribution in [2.75, 3.05) is 29.9 Å². The van der Waals surface area contributed by atoms with Gasteiger partial charge in [0.1, 0.15) is 5.82 Å². The van der Waals surface area contributed by atoms with Crippen molar-refractivity contribution in [2.45, 2.75) is 6.92 Å². The van der Waals surface area contributed by atoms with Gasteiger partial charge in [0.2, 0.25) is 5.91 Å². The molecule has 1 aliphatic rings. The van der Waals surface area contributed by atoms with Gasteiger partial charge in [0, 0.05) is 30.5 Å². The third-order valence-corrected chi connectivity index (χ3v) is 5.17. The Balaban J connectivity index is 1.53. The van der Waals surface area contributed by atoms with Crippen molar-refractivity contribution in [3.05, 3.63) is 71.0 Å². The van der Waals surface area contributed by atoms with Gasteiger partial charge in [-0.05, 0) is 49.4 Å². The van der Waals surface area contributed by atoms with Crippen LogP contribution in [0.1, 0.15) is 16.1 Å². The van der Waals surface area contributed by atoms with Gasteiger partial charge in [0.25, 0.3) is 5.91 Å². The number of aryl methyl sites for hydroxylation is 1. The molecule has 1 saturated heterocycles. The molecule has 3 aromatic rings. The zero-order chi connectivity index (χ0) is 21.1. The SMILES string of the molecule is Cc1nc(N2CCNC(=O)C2)ccc1C(=O)Nc1ccc(Cl)c(-c2ccccn2)c1. The van der Waals surface area contributed by atoms with Gasteiger partial charge in [0.15, 0.2) is 0 Å². The van der Waals surface area contributed by atoms with Gasteiger partial charge in [-0.15, -0.1) is 0 Å². The lowest BCUT2D eigenvalue weighted by Gasteiger charge is -2.28. The molecule has 4 rings (SSSR count). The fraction of sp³-hybridized carbons (Fsp3) is 0.182. The molecule has 152 valence electrons. The number of carbonyl (C=O) groups excluding carboxylic acids is 2. The first-order valence-corrected chi connectivity index (χ1v) is 9.90. The molecule has 0 bridgehead atoms. The Labute approximate surface area is 179 Å². The quantitative estimate of drug-likeness (QED) is 0.675. The van der Waals surface area contributed by atoms with Gasteiger partial charge in [-0.25, -0.2) is 4.98 Å². The number of aromatic nitrogens is 2. The van der Waals surface area contributed by atoms with E-state index in [1.165, 1.54) is 0 Å². The number of piperazine rings is 1. The highest BCUT2D eigenvalue weighted by atomic mass is 35.5. The summed E-state index contributed by atoms with van der Waals surface area (Å²) >= 11 is 6.32. The fourth-order valence-corrected chi connectivity index (χ4v) is 3.53. The van der Waals surface area contributed by atoms with Crippen molar-refractivity contribution in [1.29, 1.82) is 0 Å². The molecule has 0 radical (unpaired) electrons. The van der Waals surface area contributed by atoms with Crippen molar-refractivity contribution in [2.24, 2.45) is 0 Å². The van der Waals surface area contributed by atoms with Crippen LogP contribution >= 0.6 is 11.6 Å². The monoisotopic (exact) mass is 421 g/mol. The number of pyridine rings is 2. The standard InChI is InChI=1S/C22H20ClN5O2/c1-14-16(6-8-20(26-14)28-11-10-25-21(29)13-28)22(30)27-15-5-7-18(23)17(12-15)19-4-2-3-9-24-19/h2-9,12H,10-11,13H2,1H3,(H,25,29)(H,27,30). The Hall–Kier alpha value is -3.45. The number of nitrogens with zero attached hydrogens (tertiary/aromatic N) is 3. The lowest BCUT2D eigenvalue weighted by Crippen LogP contribution is -2.48. The second-order valence-corrected chi connectivity index (χ2v) is 7.34. The number of anilines is 2. The van der Waals surface area contributed by atoms with Crippen LogP contribution < -0.4 is 15.5 Å². The highest BCUT2D eigenvalue weighted by Crippen LogP contribution is 2.29. The molecule has 1 aliphatic heterocycles. The molecule has 1 aromatic carbocycles. The number of hydrogen-bond acceptors (Lipinski definition) is 5. The number of hydrogen-bond donors (Lipinski definition) is 2. The maximum absolute atomic E-state index is 12.8. The maximum Gasteiger partial charge on any atom is 0.257 e. The Morgan fingerprint density at radius 1 is 1.20 bits per heavy atom. The molecule has 7 nitrogen and oxygen atoms in total. The molecule has 0 saturated carbocycles. The van der Waals surface area contributed by atoms with Crippen LogP contribution in [0.15, 0.2) is 54.7 Å². The molecule has 0 spiro atoms.